The van der Waals surface area contributed by atoms with Crippen LogP contribution in [0, 0.1) is 12.7 Å². The van der Waals surface area contributed by atoms with Crippen LogP contribution in [0.25, 0.3) is 11.0 Å². The summed E-state index contributed by atoms with van der Waals surface area (Å²) >= 11 is 0. The lowest BCUT2D eigenvalue weighted by atomic mass is 9.98. The molecule has 0 N–H and O–H groups in total. The molecule has 0 spiro atoms. The number of carbonyl (C=O) groups is 1. The molecule has 0 aliphatic heterocycles. The van der Waals surface area contributed by atoms with Crippen LogP contribution in [0.3, 0.4) is 0 Å². The minimum atomic E-state index is -0.306. The highest BCUT2D eigenvalue weighted by Crippen LogP contribution is 2.28. The van der Waals surface area contributed by atoms with Crippen LogP contribution in [0.2, 0.25) is 0 Å². The van der Waals surface area contributed by atoms with Gasteiger partial charge < -0.3 is 4.42 Å². The predicted octanol–water partition coefficient (Wildman–Crippen LogP) is 4.67. The minimum absolute atomic E-state index is 0.125. The quantitative estimate of drug-likeness (QED) is 0.653. The highest BCUT2D eigenvalue weighted by molar-refractivity contribution is 6.16. The van der Waals surface area contributed by atoms with Crippen molar-refractivity contribution in [2.24, 2.45) is 0 Å². The molecule has 2 nitrogen and oxygen atoms in total. The molecule has 0 aliphatic rings. The van der Waals surface area contributed by atoms with Crippen LogP contribution >= 0.6 is 0 Å². The monoisotopic (exact) mass is 282 g/mol. The first-order valence-electron chi connectivity index (χ1n) is 6.93. The molecular weight excluding hydrogens is 267 g/mol. The van der Waals surface area contributed by atoms with Crippen LogP contribution in [0.15, 0.2) is 46.9 Å². The molecule has 106 valence electrons. The Kier molecular flexibility index (Phi) is 3.34. The molecule has 0 radical (unpaired) electrons. The molecule has 0 saturated heterocycles. The average molecular weight is 282 g/mol. The highest BCUT2D eigenvalue weighted by atomic mass is 19.1. The summed E-state index contributed by atoms with van der Waals surface area (Å²) in [6.07, 6.45) is 0.635. The third-order valence-electron chi connectivity index (χ3n) is 3.64. The normalized spacial score (nSPS) is 11.0. The van der Waals surface area contributed by atoms with Crippen LogP contribution in [0.1, 0.15) is 34.2 Å². The molecule has 3 rings (SSSR count). The van der Waals surface area contributed by atoms with Crippen LogP contribution in [0.5, 0.6) is 0 Å². The average Bonchev–Trinajstić information content (AvgIpc) is 2.87. The summed E-state index contributed by atoms with van der Waals surface area (Å²) in [5.41, 5.74) is 2.23. The number of carbonyl (C=O) groups excluding carboxylic acids is 1. The van der Waals surface area contributed by atoms with E-state index in [-0.39, 0.29) is 11.6 Å². The largest absolute Gasteiger partial charge is 0.460 e. The fraction of sp³-hybridized carbons (Fsp3) is 0.167. The van der Waals surface area contributed by atoms with E-state index in [1.165, 1.54) is 12.1 Å². The van der Waals surface area contributed by atoms with Crippen LogP contribution in [0.4, 0.5) is 4.39 Å². The zero-order chi connectivity index (χ0) is 15.0. The molecular formula is C18H15FO2. The smallest absolute Gasteiger partial charge is 0.197 e. The third kappa shape index (κ3) is 2.25. The maximum atomic E-state index is 13.4. The number of aryl methyl sites for hydroxylation is 2. The van der Waals surface area contributed by atoms with E-state index in [0.717, 1.165) is 5.39 Å². The van der Waals surface area contributed by atoms with Gasteiger partial charge in [0.05, 0.1) is 5.56 Å². The van der Waals surface area contributed by atoms with E-state index in [1.54, 1.807) is 13.0 Å². The molecule has 3 aromatic rings. The van der Waals surface area contributed by atoms with E-state index in [0.29, 0.717) is 34.5 Å². The van der Waals surface area contributed by atoms with Crippen molar-refractivity contribution in [2.75, 3.05) is 0 Å². The number of furan rings is 1. The van der Waals surface area contributed by atoms with Gasteiger partial charge in [0.15, 0.2) is 5.78 Å². The fourth-order valence-electron chi connectivity index (χ4n) is 2.52. The van der Waals surface area contributed by atoms with Crippen molar-refractivity contribution in [2.45, 2.75) is 20.3 Å². The van der Waals surface area contributed by atoms with Gasteiger partial charge in [0.25, 0.3) is 0 Å². The molecule has 21 heavy (non-hydrogen) atoms. The summed E-state index contributed by atoms with van der Waals surface area (Å²) in [7, 11) is 0. The van der Waals surface area contributed by atoms with Crippen molar-refractivity contribution in [1.29, 1.82) is 0 Å². The van der Waals surface area contributed by atoms with Gasteiger partial charge in [0.2, 0.25) is 0 Å². The summed E-state index contributed by atoms with van der Waals surface area (Å²) in [4.78, 5) is 12.8. The number of halogens is 1. The summed E-state index contributed by atoms with van der Waals surface area (Å²) in [6.45, 7) is 3.60. The molecule has 0 amide bonds. The van der Waals surface area contributed by atoms with Crippen molar-refractivity contribution in [3.8, 4) is 0 Å². The van der Waals surface area contributed by atoms with Gasteiger partial charge >= 0.3 is 0 Å². The van der Waals surface area contributed by atoms with E-state index in [1.807, 2.05) is 31.2 Å². The number of hydrogen-bond acceptors (Lipinski definition) is 2. The number of hydrogen-bond donors (Lipinski definition) is 0. The topological polar surface area (TPSA) is 30.2 Å². The van der Waals surface area contributed by atoms with Gasteiger partial charge in [-0.05, 0) is 36.8 Å². The number of rotatable bonds is 3. The maximum absolute atomic E-state index is 13.4. The molecule has 2 aromatic carbocycles. The molecule has 0 unspecified atom stereocenters. The van der Waals surface area contributed by atoms with E-state index < -0.39 is 0 Å². The van der Waals surface area contributed by atoms with Gasteiger partial charge in [-0.1, -0.05) is 25.1 Å². The van der Waals surface area contributed by atoms with Gasteiger partial charge in [-0.25, -0.2) is 4.39 Å². The van der Waals surface area contributed by atoms with Crippen molar-refractivity contribution in [3.05, 3.63) is 70.7 Å². The number of para-hydroxylation sites is 1. The van der Waals surface area contributed by atoms with Crippen LogP contribution in [-0.2, 0) is 6.42 Å². The van der Waals surface area contributed by atoms with Crippen molar-refractivity contribution in [1.82, 2.24) is 0 Å². The minimum Gasteiger partial charge on any atom is -0.460 e. The molecule has 1 aromatic heterocycles. The Labute approximate surface area is 122 Å². The lowest BCUT2D eigenvalue weighted by molar-refractivity contribution is 0.103. The first-order valence-corrected chi connectivity index (χ1v) is 6.93. The van der Waals surface area contributed by atoms with Gasteiger partial charge in [0.1, 0.15) is 17.2 Å². The Bertz CT molecular complexity index is 830. The lowest BCUT2D eigenvalue weighted by Gasteiger charge is -2.03. The van der Waals surface area contributed by atoms with Gasteiger partial charge in [-0.3, -0.25) is 4.79 Å². The zero-order valence-electron chi connectivity index (χ0n) is 11.9. The third-order valence-corrected chi connectivity index (χ3v) is 3.64. The number of benzene rings is 2. The Morgan fingerprint density at radius 2 is 1.95 bits per heavy atom. The molecule has 0 bridgehead atoms. The molecule has 1 heterocycles. The Hall–Kier alpha value is -2.42. The fourth-order valence-corrected chi connectivity index (χ4v) is 2.52. The van der Waals surface area contributed by atoms with Crippen molar-refractivity contribution >= 4 is 16.8 Å². The molecule has 0 fully saturated rings. The summed E-state index contributed by atoms with van der Waals surface area (Å²) < 4.78 is 19.1. The zero-order valence-corrected chi connectivity index (χ0v) is 11.9. The number of ketones is 1. The summed E-state index contributed by atoms with van der Waals surface area (Å²) in [5.74, 6) is 0.238. The summed E-state index contributed by atoms with van der Waals surface area (Å²) in [6, 6.07) is 11.9. The predicted molar refractivity (Wildman–Crippen MR) is 80.2 cm³/mol. The van der Waals surface area contributed by atoms with E-state index in [4.69, 9.17) is 4.42 Å². The van der Waals surface area contributed by atoms with E-state index in [2.05, 4.69) is 0 Å². The first-order chi connectivity index (χ1) is 10.1. The summed E-state index contributed by atoms with van der Waals surface area (Å²) in [5, 5.41) is 0.807. The maximum Gasteiger partial charge on any atom is 0.197 e. The van der Waals surface area contributed by atoms with Gasteiger partial charge in [-0.15, -0.1) is 0 Å². The Morgan fingerprint density at radius 1 is 1.19 bits per heavy atom. The first kappa shape index (κ1) is 13.6. The second-order valence-electron chi connectivity index (χ2n) is 5.04. The van der Waals surface area contributed by atoms with E-state index >= 15 is 0 Å². The second kappa shape index (κ2) is 5.17. The number of fused-ring (bicyclic) bond motifs is 1. The standard InChI is InChI=1S/C18H15FO2/c1-3-15-17(13-6-4-5-7-16(13)21-15)18(20)12-8-9-14(19)11(2)10-12/h4-10H,3H2,1-2H3. The Morgan fingerprint density at radius 3 is 2.67 bits per heavy atom. The van der Waals surface area contributed by atoms with E-state index in [9.17, 15) is 9.18 Å². The van der Waals surface area contributed by atoms with Gasteiger partial charge in [0, 0.05) is 17.4 Å². The lowest BCUT2D eigenvalue weighted by Crippen LogP contribution is -2.04. The molecule has 0 aliphatic carbocycles. The SMILES string of the molecule is CCc1oc2ccccc2c1C(=O)c1ccc(F)c(C)c1. The van der Waals surface area contributed by atoms with Crippen LogP contribution in [-0.4, -0.2) is 5.78 Å². The van der Waals surface area contributed by atoms with Crippen molar-refractivity contribution < 1.29 is 13.6 Å². The Balaban J connectivity index is 2.18. The molecule has 0 saturated carbocycles. The van der Waals surface area contributed by atoms with Gasteiger partial charge in [-0.2, -0.15) is 0 Å². The van der Waals surface area contributed by atoms with Crippen molar-refractivity contribution in [3.63, 3.8) is 0 Å². The molecule has 3 heteroatoms. The highest BCUT2D eigenvalue weighted by Gasteiger charge is 2.21. The second-order valence-corrected chi connectivity index (χ2v) is 5.04. The molecule has 0 atom stereocenters. The van der Waals surface area contributed by atoms with Crippen LogP contribution < -0.4 is 0 Å².